The van der Waals surface area contributed by atoms with Crippen molar-refractivity contribution in [3.05, 3.63) is 71.9 Å². The molecule has 28 heavy (non-hydrogen) atoms. The molecule has 0 aliphatic rings. The van der Waals surface area contributed by atoms with Crippen molar-refractivity contribution in [1.29, 1.82) is 0 Å². The molecule has 3 heterocycles. The Morgan fingerprint density at radius 1 is 1.00 bits per heavy atom. The third kappa shape index (κ3) is 2.91. The van der Waals surface area contributed by atoms with Crippen molar-refractivity contribution in [2.75, 3.05) is 0 Å². The Balaban J connectivity index is 1.86. The number of hydrogen-bond acceptors (Lipinski definition) is 4. The maximum Gasteiger partial charge on any atom is 0.174 e. The maximum absolute atomic E-state index is 14.8. The van der Waals surface area contributed by atoms with E-state index in [-0.39, 0.29) is 22.6 Å². The van der Waals surface area contributed by atoms with Crippen LogP contribution in [0.15, 0.2) is 48.9 Å². The molecule has 0 radical (unpaired) electrons. The fraction of sp³-hybridized carbons (Fsp3) is 0.150. The minimum Gasteiger partial charge on any atom is -0.386 e. The number of nitrogens with zero attached hydrogens (tertiary/aromatic N) is 4. The summed E-state index contributed by atoms with van der Waals surface area (Å²) in [6, 6.07) is 6.77. The molecule has 0 bridgehead atoms. The highest BCUT2D eigenvalue weighted by molar-refractivity contribution is 5.64. The summed E-state index contributed by atoms with van der Waals surface area (Å²) in [6.45, 7) is 2.96. The first-order chi connectivity index (χ1) is 13.3. The molecule has 0 aliphatic heterocycles. The number of aromatic nitrogens is 4. The summed E-state index contributed by atoms with van der Waals surface area (Å²) in [5.41, 5.74) is -0.511. The fourth-order valence-corrected chi connectivity index (χ4v) is 2.99. The topological polar surface area (TPSA) is 63.3 Å². The Morgan fingerprint density at radius 2 is 1.79 bits per heavy atom. The van der Waals surface area contributed by atoms with Crippen molar-refractivity contribution in [3.63, 3.8) is 0 Å². The molecule has 0 amide bonds. The van der Waals surface area contributed by atoms with Gasteiger partial charge in [-0.1, -0.05) is 6.07 Å². The number of imidazole rings is 1. The van der Waals surface area contributed by atoms with Gasteiger partial charge in [-0.15, -0.1) is 0 Å². The summed E-state index contributed by atoms with van der Waals surface area (Å²) in [7, 11) is 0. The van der Waals surface area contributed by atoms with Crippen LogP contribution in [0.1, 0.15) is 19.4 Å². The molecule has 0 unspecified atom stereocenters. The second kappa shape index (κ2) is 6.42. The molecular weight excluding hydrogens is 369 g/mol. The zero-order chi connectivity index (χ0) is 20.1. The molecule has 4 aromatic rings. The van der Waals surface area contributed by atoms with Gasteiger partial charge < -0.3 is 5.11 Å². The van der Waals surface area contributed by atoms with Gasteiger partial charge in [0.15, 0.2) is 28.9 Å². The van der Waals surface area contributed by atoms with Crippen LogP contribution in [0.5, 0.6) is 0 Å². The highest BCUT2D eigenvalue weighted by Crippen LogP contribution is 2.29. The Morgan fingerprint density at radius 3 is 2.54 bits per heavy atom. The van der Waals surface area contributed by atoms with Gasteiger partial charge in [-0.3, -0.25) is 4.40 Å². The number of hydrogen-bond donors (Lipinski definition) is 1. The molecular formula is C20H15F3N4O. The number of benzene rings is 1. The van der Waals surface area contributed by atoms with E-state index in [2.05, 4.69) is 15.0 Å². The Kier molecular flexibility index (Phi) is 4.15. The van der Waals surface area contributed by atoms with Crippen molar-refractivity contribution < 1.29 is 18.3 Å². The summed E-state index contributed by atoms with van der Waals surface area (Å²) in [4.78, 5) is 12.4. The van der Waals surface area contributed by atoms with Crippen LogP contribution in [0.4, 0.5) is 13.2 Å². The van der Waals surface area contributed by atoms with Crippen molar-refractivity contribution in [2.24, 2.45) is 0 Å². The average Bonchev–Trinajstić information content (AvgIpc) is 3.08. The van der Waals surface area contributed by atoms with E-state index in [1.807, 2.05) is 0 Å². The van der Waals surface area contributed by atoms with E-state index in [4.69, 9.17) is 0 Å². The normalized spacial score (nSPS) is 11.9. The minimum atomic E-state index is -1.37. The molecule has 0 aliphatic carbocycles. The second-order valence-electron chi connectivity index (χ2n) is 6.81. The first-order valence-electron chi connectivity index (χ1n) is 8.43. The number of pyridine rings is 1. The summed E-state index contributed by atoms with van der Waals surface area (Å²) in [5, 5.41) is 10.1. The van der Waals surface area contributed by atoms with Gasteiger partial charge in [0, 0.05) is 18.0 Å². The first kappa shape index (κ1) is 18.1. The lowest BCUT2D eigenvalue weighted by Gasteiger charge is -2.18. The van der Waals surface area contributed by atoms with E-state index >= 15 is 0 Å². The SMILES string of the molecule is CC(C)(O)c1ccn2c(-c3ccnc(-c4cccc(F)c4F)n3)cnc2c1F. The van der Waals surface area contributed by atoms with E-state index < -0.39 is 23.1 Å². The van der Waals surface area contributed by atoms with Crippen molar-refractivity contribution in [3.8, 4) is 22.8 Å². The lowest BCUT2D eigenvalue weighted by Crippen LogP contribution is -2.18. The van der Waals surface area contributed by atoms with E-state index in [0.29, 0.717) is 11.4 Å². The van der Waals surface area contributed by atoms with Gasteiger partial charge in [-0.25, -0.2) is 28.1 Å². The molecule has 1 N–H and O–H groups in total. The van der Waals surface area contributed by atoms with Crippen LogP contribution in [-0.2, 0) is 5.60 Å². The molecule has 4 rings (SSSR count). The molecule has 142 valence electrons. The molecule has 0 fully saturated rings. The lowest BCUT2D eigenvalue weighted by molar-refractivity contribution is 0.0746. The lowest BCUT2D eigenvalue weighted by atomic mass is 9.99. The standard InChI is InChI=1S/C20H15F3N4O/c1-20(2,28)12-7-9-27-15(10-25-19(27)17(12)23)14-6-8-24-18(26-14)11-4-3-5-13(21)16(11)22/h3-10,28H,1-2H3. The van der Waals surface area contributed by atoms with Crippen LogP contribution in [0.25, 0.3) is 28.4 Å². The predicted molar refractivity (Wildman–Crippen MR) is 96.8 cm³/mol. The number of rotatable bonds is 3. The highest BCUT2D eigenvalue weighted by Gasteiger charge is 2.24. The van der Waals surface area contributed by atoms with Crippen LogP contribution in [0, 0.1) is 17.5 Å². The molecule has 0 saturated carbocycles. The molecule has 0 saturated heterocycles. The first-order valence-corrected chi connectivity index (χ1v) is 8.43. The highest BCUT2D eigenvalue weighted by atomic mass is 19.2. The van der Waals surface area contributed by atoms with Gasteiger partial charge in [0.05, 0.1) is 28.7 Å². The summed E-state index contributed by atoms with van der Waals surface area (Å²) < 4.78 is 43.8. The predicted octanol–water partition coefficient (Wildman–Crippen LogP) is 4.10. The van der Waals surface area contributed by atoms with Gasteiger partial charge in [-0.2, -0.15) is 0 Å². The van der Waals surface area contributed by atoms with Gasteiger partial charge >= 0.3 is 0 Å². The molecule has 0 atom stereocenters. The van der Waals surface area contributed by atoms with E-state index in [1.54, 1.807) is 12.3 Å². The molecule has 0 spiro atoms. The minimum absolute atomic E-state index is 0.00182. The van der Waals surface area contributed by atoms with E-state index in [0.717, 1.165) is 6.07 Å². The molecule has 5 nitrogen and oxygen atoms in total. The third-order valence-corrected chi connectivity index (χ3v) is 4.39. The van der Waals surface area contributed by atoms with Crippen molar-refractivity contribution in [1.82, 2.24) is 19.4 Å². The quantitative estimate of drug-likeness (QED) is 0.578. The van der Waals surface area contributed by atoms with Gasteiger partial charge in [0.25, 0.3) is 0 Å². The van der Waals surface area contributed by atoms with Gasteiger partial charge in [0.1, 0.15) is 0 Å². The van der Waals surface area contributed by atoms with E-state index in [1.165, 1.54) is 48.8 Å². The second-order valence-corrected chi connectivity index (χ2v) is 6.81. The summed E-state index contributed by atoms with van der Waals surface area (Å²) in [6.07, 6.45) is 4.39. The van der Waals surface area contributed by atoms with Crippen LogP contribution >= 0.6 is 0 Å². The maximum atomic E-state index is 14.8. The number of fused-ring (bicyclic) bond motifs is 1. The van der Waals surface area contributed by atoms with Crippen molar-refractivity contribution >= 4 is 5.65 Å². The molecule has 8 heteroatoms. The van der Waals surface area contributed by atoms with Crippen LogP contribution in [0.2, 0.25) is 0 Å². The van der Waals surface area contributed by atoms with Gasteiger partial charge in [0.2, 0.25) is 0 Å². The third-order valence-electron chi connectivity index (χ3n) is 4.39. The summed E-state index contributed by atoms with van der Waals surface area (Å²) in [5.74, 6) is -2.69. The van der Waals surface area contributed by atoms with E-state index in [9.17, 15) is 18.3 Å². The van der Waals surface area contributed by atoms with Crippen LogP contribution in [0.3, 0.4) is 0 Å². The number of halogens is 3. The summed E-state index contributed by atoms with van der Waals surface area (Å²) >= 11 is 0. The fourth-order valence-electron chi connectivity index (χ4n) is 2.99. The Bertz CT molecular complexity index is 1200. The van der Waals surface area contributed by atoms with Crippen molar-refractivity contribution in [2.45, 2.75) is 19.4 Å². The van der Waals surface area contributed by atoms with Crippen LogP contribution < -0.4 is 0 Å². The zero-order valence-electron chi connectivity index (χ0n) is 15.0. The number of aliphatic hydroxyl groups is 1. The Hall–Kier alpha value is -3.26. The largest absolute Gasteiger partial charge is 0.386 e. The zero-order valence-corrected chi connectivity index (χ0v) is 15.0. The monoisotopic (exact) mass is 384 g/mol. The smallest absolute Gasteiger partial charge is 0.174 e. The average molecular weight is 384 g/mol. The van der Waals surface area contributed by atoms with Crippen LogP contribution in [-0.4, -0.2) is 24.5 Å². The van der Waals surface area contributed by atoms with Gasteiger partial charge in [-0.05, 0) is 38.1 Å². The molecule has 1 aromatic carbocycles. The Labute approximate surface area is 158 Å². The molecule has 3 aromatic heterocycles.